The molecule has 24 heavy (non-hydrogen) atoms. The van der Waals surface area contributed by atoms with Gasteiger partial charge in [0.2, 0.25) is 0 Å². The average molecular weight is 345 g/mol. The summed E-state index contributed by atoms with van der Waals surface area (Å²) in [6, 6.07) is 8.46. The van der Waals surface area contributed by atoms with Gasteiger partial charge in [0.1, 0.15) is 10.7 Å². The van der Waals surface area contributed by atoms with Crippen LogP contribution in [0.2, 0.25) is 0 Å². The number of methoxy groups -OCH3 is 1. The first-order chi connectivity index (χ1) is 11.6. The monoisotopic (exact) mass is 345 g/mol. The third-order valence-corrected chi connectivity index (χ3v) is 5.26. The summed E-state index contributed by atoms with van der Waals surface area (Å²) in [5.74, 6) is 0.00514. The molecule has 1 aromatic heterocycles. The molecule has 1 unspecified atom stereocenters. The number of fused-ring (bicyclic) bond motifs is 1. The van der Waals surface area contributed by atoms with Gasteiger partial charge in [0.15, 0.2) is 0 Å². The van der Waals surface area contributed by atoms with Gasteiger partial charge in [-0.2, -0.15) is 0 Å². The Balaban J connectivity index is 1.90. The highest BCUT2D eigenvalue weighted by Crippen LogP contribution is 2.28. The van der Waals surface area contributed by atoms with Crippen molar-refractivity contribution in [1.29, 1.82) is 0 Å². The summed E-state index contributed by atoms with van der Waals surface area (Å²) in [6.45, 7) is 4.02. The molecule has 2 heterocycles. The summed E-state index contributed by atoms with van der Waals surface area (Å²) >= 11 is 1.47. The van der Waals surface area contributed by atoms with E-state index in [4.69, 9.17) is 4.74 Å². The lowest BCUT2D eigenvalue weighted by molar-refractivity contribution is 0.0662. The van der Waals surface area contributed by atoms with E-state index >= 15 is 0 Å². The van der Waals surface area contributed by atoms with Crippen LogP contribution >= 0.6 is 11.3 Å². The number of carbonyl (C=O) groups excluding carboxylic acids is 1. The molecule has 1 amide bonds. The molecule has 0 fully saturated rings. The molecule has 0 saturated carbocycles. The number of carbonyl (C=O) groups is 1. The maximum atomic E-state index is 13.1. The minimum Gasteiger partial charge on any atom is -0.378 e. The summed E-state index contributed by atoms with van der Waals surface area (Å²) in [5.41, 5.74) is 2.90. The Morgan fingerprint density at radius 1 is 1.42 bits per heavy atom. The predicted octanol–water partition coefficient (Wildman–Crippen LogP) is 3.16. The van der Waals surface area contributed by atoms with E-state index in [1.165, 1.54) is 22.6 Å². The van der Waals surface area contributed by atoms with Crippen molar-refractivity contribution < 1.29 is 9.53 Å². The fraction of sp³-hybridized carbons (Fsp3) is 0.444. The number of ether oxygens (including phenoxy) is 1. The molecule has 1 aliphatic rings. The van der Waals surface area contributed by atoms with E-state index in [1.807, 2.05) is 22.4 Å². The molecule has 0 saturated heterocycles. The Labute approximate surface area is 146 Å². The van der Waals surface area contributed by atoms with Gasteiger partial charge in [-0.1, -0.05) is 25.1 Å². The Bertz CT molecular complexity index is 716. The van der Waals surface area contributed by atoms with E-state index in [9.17, 15) is 4.79 Å². The first-order valence-electron chi connectivity index (χ1n) is 8.17. The fourth-order valence-electron chi connectivity index (χ4n) is 3.18. The molecule has 3 rings (SSSR count). The average Bonchev–Trinajstić information content (AvgIpc) is 3.00. The first-order valence-corrected chi connectivity index (χ1v) is 9.05. The maximum Gasteiger partial charge on any atom is 0.273 e. The van der Waals surface area contributed by atoms with Crippen LogP contribution in [0, 0.1) is 0 Å². The van der Waals surface area contributed by atoms with Crippen molar-refractivity contribution in [2.24, 2.45) is 0 Å². The topological polar surface area (TPSA) is 45.7 Å². The van der Waals surface area contributed by atoms with Gasteiger partial charge in [0.25, 0.3) is 5.91 Å². The van der Waals surface area contributed by atoms with Crippen LogP contribution in [-0.4, -0.2) is 42.5 Å². The van der Waals surface area contributed by atoms with Gasteiger partial charge in [-0.05, 0) is 18.1 Å². The van der Waals surface area contributed by atoms with Crippen LogP contribution < -0.4 is 4.90 Å². The van der Waals surface area contributed by atoms with Crippen LogP contribution in [0.3, 0.4) is 0 Å². The summed E-state index contributed by atoms with van der Waals surface area (Å²) in [6.07, 6.45) is 0.916. The van der Waals surface area contributed by atoms with Crippen molar-refractivity contribution in [3.05, 3.63) is 45.9 Å². The number of benzene rings is 1. The molecule has 1 aromatic carbocycles. The molecule has 128 valence electrons. The highest BCUT2D eigenvalue weighted by Gasteiger charge is 2.30. The lowest BCUT2D eigenvalue weighted by atomic mass is 10.1. The molecule has 6 heteroatoms. The van der Waals surface area contributed by atoms with Crippen molar-refractivity contribution in [2.75, 3.05) is 25.6 Å². The number of aromatic nitrogens is 1. The molecule has 0 aliphatic carbocycles. The summed E-state index contributed by atoms with van der Waals surface area (Å²) in [7, 11) is 3.73. The summed E-state index contributed by atoms with van der Waals surface area (Å²) in [5, 5.41) is 2.67. The van der Waals surface area contributed by atoms with Crippen molar-refractivity contribution in [3.63, 3.8) is 0 Å². The van der Waals surface area contributed by atoms with Gasteiger partial charge in [-0.3, -0.25) is 4.79 Å². The van der Waals surface area contributed by atoms with Crippen LogP contribution in [0.5, 0.6) is 0 Å². The molecule has 5 nitrogen and oxygen atoms in total. The van der Waals surface area contributed by atoms with Crippen molar-refractivity contribution in [1.82, 2.24) is 9.88 Å². The van der Waals surface area contributed by atoms with Gasteiger partial charge in [-0.15, -0.1) is 11.3 Å². The quantitative estimate of drug-likeness (QED) is 0.854. The van der Waals surface area contributed by atoms with Gasteiger partial charge < -0.3 is 14.5 Å². The molecule has 0 N–H and O–H groups in total. The van der Waals surface area contributed by atoms with Gasteiger partial charge in [0, 0.05) is 44.4 Å². The number of amides is 1. The number of thiazole rings is 1. The lowest BCUT2D eigenvalue weighted by Crippen LogP contribution is -2.43. The standard InChI is InChI=1S/C18H23N3O2S/c1-4-14-10-20(2)16-8-6-5-7-13(16)9-21(14)18(22)15-12-24-17(19-15)11-23-3/h5-8,12,14H,4,9-11H2,1-3H3. The van der Waals surface area contributed by atoms with E-state index in [0.717, 1.165) is 18.0 Å². The third-order valence-electron chi connectivity index (χ3n) is 4.44. The molecule has 2 aromatic rings. The van der Waals surface area contributed by atoms with E-state index in [1.54, 1.807) is 7.11 Å². The van der Waals surface area contributed by atoms with Crippen LogP contribution in [0.4, 0.5) is 5.69 Å². The third kappa shape index (κ3) is 3.30. The van der Waals surface area contributed by atoms with Gasteiger partial charge in [-0.25, -0.2) is 4.98 Å². The zero-order valence-electron chi connectivity index (χ0n) is 14.4. The zero-order chi connectivity index (χ0) is 17.1. The van der Waals surface area contributed by atoms with Crippen molar-refractivity contribution in [3.8, 4) is 0 Å². The Morgan fingerprint density at radius 2 is 2.21 bits per heavy atom. The van der Waals surface area contributed by atoms with Crippen LogP contribution in [0.15, 0.2) is 29.6 Å². The van der Waals surface area contributed by atoms with Crippen LogP contribution in [0.25, 0.3) is 0 Å². The number of hydrogen-bond donors (Lipinski definition) is 0. The van der Waals surface area contributed by atoms with Gasteiger partial charge in [0.05, 0.1) is 6.61 Å². The fourth-order valence-corrected chi connectivity index (χ4v) is 3.91. The minimum absolute atomic E-state index is 0.00514. The number of nitrogens with zero attached hydrogens (tertiary/aromatic N) is 3. The van der Waals surface area contributed by atoms with Crippen LogP contribution in [-0.2, 0) is 17.9 Å². The first kappa shape index (κ1) is 16.9. The Morgan fingerprint density at radius 3 is 2.96 bits per heavy atom. The zero-order valence-corrected chi connectivity index (χ0v) is 15.2. The van der Waals surface area contributed by atoms with E-state index in [-0.39, 0.29) is 11.9 Å². The number of likely N-dealkylation sites (N-methyl/N-ethyl adjacent to an activating group) is 1. The number of hydrogen-bond acceptors (Lipinski definition) is 5. The summed E-state index contributed by atoms with van der Waals surface area (Å²) in [4.78, 5) is 21.7. The molecule has 0 spiro atoms. The van der Waals surface area contributed by atoms with Crippen molar-refractivity contribution in [2.45, 2.75) is 32.5 Å². The normalized spacial score (nSPS) is 17.5. The molecular weight excluding hydrogens is 322 g/mol. The largest absolute Gasteiger partial charge is 0.378 e. The molecule has 0 radical (unpaired) electrons. The molecular formula is C18H23N3O2S. The highest BCUT2D eigenvalue weighted by molar-refractivity contribution is 7.09. The van der Waals surface area contributed by atoms with E-state index in [0.29, 0.717) is 18.8 Å². The van der Waals surface area contributed by atoms with E-state index < -0.39 is 0 Å². The second-order valence-corrected chi connectivity index (χ2v) is 7.01. The number of anilines is 1. The van der Waals surface area contributed by atoms with Gasteiger partial charge >= 0.3 is 0 Å². The molecule has 1 aliphatic heterocycles. The lowest BCUT2D eigenvalue weighted by Gasteiger charge is -2.30. The summed E-state index contributed by atoms with van der Waals surface area (Å²) < 4.78 is 5.11. The van der Waals surface area contributed by atoms with Crippen molar-refractivity contribution >= 4 is 22.9 Å². The molecule has 0 bridgehead atoms. The Kier molecular flexibility index (Phi) is 5.16. The second-order valence-electron chi connectivity index (χ2n) is 6.06. The second kappa shape index (κ2) is 7.32. The smallest absolute Gasteiger partial charge is 0.273 e. The predicted molar refractivity (Wildman–Crippen MR) is 96.5 cm³/mol. The Hall–Kier alpha value is -1.92. The number of para-hydroxylation sites is 1. The highest BCUT2D eigenvalue weighted by atomic mass is 32.1. The van der Waals surface area contributed by atoms with E-state index in [2.05, 4.69) is 36.0 Å². The number of rotatable bonds is 4. The van der Waals surface area contributed by atoms with Crippen LogP contribution in [0.1, 0.15) is 34.4 Å². The SMILES string of the molecule is CCC1CN(C)c2ccccc2CN1C(=O)c1csc(COC)n1. The molecule has 1 atom stereocenters. The minimum atomic E-state index is 0.00514. The maximum absolute atomic E-state index is 13.1.